The smallest absolute Gasteiger partial charge is 0.0253 e. The van der Waals surface area contributed by atoms with Gasteiger partial charge in [-0.3, -0.25) is 4.90 Å². The van der Waals surface area contributed by atoms with Crippen LogP contribution >= 0.6 is 0 Å². The second kappa shape index (κ2) is 5.02. The van der Waals surface area contributed by atoms with Crippen LogP contribution in [-0.4, -0.2) is 23.5 Å². The molecule has 0 radical (unpaired) electrons. The summed E-state index contributed by atoms with van der Waals surface area (Å²) in [6, 6.07) is 9.85. The van der Waals surface area contributed by atoms with Crippen LogP contribution in [0.2, 0.25) is 0 Å². The third-order valence-corrected chi connectivity index (χ3v) is 4.76. The lowest BCUT2D eigenvalue weighted by Crippen LogP contribution is -2.52. The number of rotatable bonds is 1. The second-order valence-electron chi connectivity index (χ2n) is 6.14. The van der Waals surface area contributed by atoms with E-state index in [0.717, 1.165) is 12.5 Å². The zero-order valence-corrected chi connectivity index (χ0v) is 11.3. The van der Waals surface area contributed by atoms with E-state index in [1.807, 2.05) is 0 Å². The van der Waals surface area contributed by atoms with E-state index in [-0.39, 0.29) is 0 Å². The lowest BCUT2D eigenvalue weighted by Gasteiger charge is -2.42. The molecular formula is C16H24N2. The maximum atomic E-state index is 6.35. The molecule has 0 bridgehead atoms. The summed E-state index contributed by atoms with van der Waals surface area (Å²) in [7, 11) is 0. The highest BCUT2D eigenvalue weighted by atomic mass is 15.2. The molecule has 1 aliphatic heterocycles. The Labute approximate surface area is 110 Å². The van der Waals surface area contributed by atoms with Crippen LogP contribution in [-0.2, 0) is 13.0 Å². The van der Waals surface area contributed by atoms with Crippen molar-refractivity contribution in [3.63, 3.8) is 0 Å². The summed E-state index contributed by atoms with van der Waals surface area (Å²) < 4.78 is 0. The van der Waals surface area contributed by atoms with Crippen LogP contribution < -0.4 is 5.73 Å². The first-order valence-corrected chi connectivity index (χ1v) is 7.30. The molecule has 1 heterocycles. The standard InChI is InChI=1S/C16H24N2/c1-12-6-7-15(17)16(10-12)18-9-8-13-4-2-3-5-14(13)11-18/h2-5,12,15-16H,6-11,17H2,1H3/t12-,15+,16+/m1/s1. The molecule has 18 heavy (non-hydrogen) atoms. The van der Waals surface area contributed by atoms with Crippen molar-refractivity contribution in [3.8, 4) is 0 Å². The Morgan fingerprint density at radius 2 is 1.94 bits per heavy atom. The van der Waals surface area contributed by atoms with E-state index < -0.39 is 0 Å². The molecule has 3 atom stereocenters. The highest BCUT2D eigenvalue weighted by Crippen LogP contribution is 2.30. The normalized spacial score (nSPS) is 33.1. The maximum Gasteiger partial charge on any atom is 0.0253 e. The lowest BCUT2D eigenvalue weighted by molar-refractivity contribution is 0.104. The average molecular weight is 244 g/mol. The zero-order valence-electron chi connectivity index (χ0n) is 11.3. The summed E-state index contributed by atoms with van der Waals surface area (Å²) in [5.41, 5.74) is 9.39. The summed E-state index contributed by atoms with van der Waals surface area (Å²) in [5.74, 6) is 0.840. The van der Waals surface area contributed by atoms with Crippen LogP contribution in [0.5, 0.6) is 0 Å². The number of hydrogen-bond acceptors (Lipinski definition) is 2. The second-order valence-corrected chi connectivity index (χ2v) is 6.14. The van der Waals surface area contributed by atoms with Crippen molar-refractivity contribution < 1.29 is 0 Å². The van der Waals surface area contributed by atoms with E-state index in [4.69, 9.17) is 5.73 Å². The van der Waals surface area contributed by atoms with Gasteiger partial charge in [-0.1, -0.05) is 31.2 Å². The Morgan fingerprint density at radius 1 is 1.17 bits per heavy atom. The summed E-state index contributed by atoms with van der Waals surface area (Å²) >= 11 is 0. The minimum atomic E-state index is 0.381. The minimum Gasteiger partial charge on any atom is -0.326 e. The maximum absolute atomic E-state index is 6.35. The van der Waals surface area contributed by atoms with Gasteiger partial charge >= 0.3 is 0 Å². The van der Waals surface area contributed by atoms with Gasteiger partial charge in [0.2, 0.25) is 0 Å². The van der Waals surface area contributed by atoms with Crippen LogP contribution in [0.1, 0.15) is 37.3 Å². The van der Waals surface area contributed by atoms with Crippen LogP contribution in [0.15, 0.2) is 24.3 Å². The van der Waals surface area contributed by atoms with Crippen molar-refractivity contribution in [2.45, 2.75) is 51.2 Å². The predicted octanol–water partition coefficient (Wildman–Crippen LogP) is 2.56. The van der Waals surface area contributed by atoms with Gasteiger partial charge < -0.3 is 5.73 Å². The molecule has 98 valence electrons. The number of nitrogens with two attached hydrogens (primary N) is 1. The molecule has 2 N–H and O–H groups in total. The van der Waals surface area contributed by atoms with E-state index in [2.05, 4.69) is 36.1 Å². The molecule has 1 aromatic rings. The minimum absolute atomic E-state index is 0.381. The van der Waals surface area contributed by atoms with Gasteiger partial charge in [-0.15, -0.1) is 0 Å². The molecular weight excluding hydrogens is 220 g/mol. The Morgan fingerprint density at radius 3 is 2.78 bits per heavy atom. The Kier molecular flexibility index (Phi) is 3.40. The Balaban J connectivity index is 1.75. The van der Waals surface area contributed by atoms with E-state index in [1.165, 1.54) is 43.4 Å². The highest BCUT2D eigenvalue weighted by molar-refractivity contribution is 5.29. The SMILES string of the molecule is C[C@@H]1CC[C@H](N)[C@@H](N2CCc3ccccc3C2)C1. The van der Waals surface area contributed by atoms with E-state index >= 15 is 0 Å². The topological polar surface area (TPSA) is 29.3 Å². The molecule has 1 saturated carbocycles. The van der Waals surface area contributed by atoms with Crippen molar-refractivity contribution in [2.24, 2.45) is 11.7 Å². The first kappa shape index (κ1) is 12.2. The van der Waals surface area contributed by atoms with Crippen molar-refractivity contribution in [2.75, 3.05) is 6.54 Å². The third kappa shape index (κ3) is 2.32. The summed E-state index contributed by atoms with van der Waals surface area (Å²) in [6.45, 7) is 4.65. The van der Waals surface area contributed by atoms with Gasteiger partial charge in [-0.05, 0) is 42.7 Å². The molecule has 0 saturated heterocycles. The first-order chi connectivity index (χ1) is 8.74. The van der Waals surface area contributed by atoms with Gasteiger partial charge in [-0.25, -0.2) is 0 Å². The third-order valence-electron chi connectivity index (χ3n) is 4.76. The fourth-order valence-electron chi connectivity index (χ4n) is 3.59. The largest absolute Gasteiger partial charge is 0.326 e. The molecule has 1 fully saturated rings. The molecule has 0 amide bonds. The van der Waals surface area contributed by atoms with Gasteiger partial charge in [0.05, 0.1) is 0 Å². The number of benzene rings is 1. The van der Waals surface area contributed by atoms with Crippen LogP contribution in [0.3, 0.4) is 0 Å². The predicted molar refractivity (Wildman–Crippen MR) is 75.3 cm³/mol. The molecule has 1 aliphatic carbocycles. The van der Waals surface area contributed by atoms with Gasteiger partial charge in [0.25, 0.3) is 0 Å². The fraction of sp³-hybridized carbons (Fsp3) is 0.625. The van der Waals surface area contributed by atoms with Gasteiger partial charge in [0, 0.05) is 25.2 Å². The monoisotopic (exact) mass is 244 g/mol. The quantitative estimate of drug-likeness (QED) is 0.822. The van der Waals surface area contributed by atoms with Crippen LogP contribution in [0, 0.1) is 5.92 Å². The van der Waals surface area contributed by atoms with Gasteiger partial charge in [-0.2, -0.15) is 0 Å². The zero-order chi connectivity index (χ0) is 12.5. The lowest BCUT2D eigenvalue weighted by atomic mass is 9.82. The molecule has 1 aromatic carbocycles. The van der Waals surface area contributed by atoms with Gasteiger partial charge in [0.1, 0.15) is 0 Å². The van der Waals surface area contributed by atoms with E-state index in [1.54, 1.807) is 0 Å². The molecule has 0 spiro atoms. The molecule has 3 rings (SSSR count). The fourth-order valence-corrected chi connectivity index (χ4v) is 3.59. The van der Waals surface area contributed by atoms with Crippen molar-refractivity contribution in [1.29, 1.82) is 0 Å². The van der Waals surface area contributed by atoms with Crippen molar-refractivity contribution in [1.82, 2.24) is 4.90 Å². The number of hydrogen-bond donors (Lipinski definition) is 1. The van der Waals surface area contributed by atoms with E-state index in [9.17, 15) is 0 Å². The van der Waals surface area contributed by atoms with Gasteiger partial charge in [0.15, 0.2) is 0 Å². The first-order valence-electron chi connectivity index (χ1n) is 7.30. The van der Waals surface area contributed by atoms with Crippen molar-refractivity contribution >= 4 is 0 Å². The molecule has 2 heteroatoms. The molecule has 2 aliphatic rings. The molecule has 2 nitrogen and oxygen atoms in total. The molecule has 0 unspecified atom stereocenters. The van der Waals surface area contributed by atoms with E-state index in [0.29, 0.717) is 12.1 Å². The Hall–Kier alpha value is -0.860. The van der Waals surface area contributed by atoms with Crippen LogP contribution in [0.4, 0.5) is 0 Å². The average Bonchev–Trinajstić information content (AvgIpc) is 2.41. The van der Waals surface area contributed by atoms with Crippen molar-refractivity contribution in [3.05, 3.63) is 35.4 Å². The number of fused-ring (bicyclic) bond motifs is 1. The highest BCUT2D eigenvalue weighted by Gasteiger charge is 2.32. The van der Waals surface area contributed by atoms with Crippen LogP contribution in [0.25, 0.3) is 0 Å². The number of nitrogens with zero attached hydrogens (tertiary/aromatic N) is 1. The Bertz CT molecular complexity index is 415. The molecule has 0 aromatic heterocycles. The summed E-state index contributed by atoms with van der Waals surface area (Å²) in [5, 5.41) is 0. The summed E-state index contributed by atoms with van der Waals surface area (Å²) in [6.07, 6.45) is 4.98. The summed E-state index contributed by atoms with van der Waals surface area (Å²) in [4.78, 5) is 2.63.